The van der Waals surface area contributed by atoms with Gasteiger partial charge in [0.2, 0.25) is 5.91 Å². The van der Waals surface area contributed by atoms with Gasteiger partial charge in [-0.15, -0.1) is 0 Å². The molecule has 1 saturated carbocycles. The molecule has 0 aromatic rings. The monoisotopic (exact) mass is 198 g/mol. The Labute approximate surface area is 86.6 Å². The van der Waals surface area contributed by atoms with Gasteiger partial charge in [-0.1, -0.05) is 13.8 Å². The van der Waals surface area contributed by atoms with Crippen LogP contribution in [0.5, 0.6) is 0 Å². The third-order valence-corrected chi connectivity index (χ3v) is 3.14. The molecular weight excluding hydrogens is 176 g/mol. The molecule has 0 aromatic carbocycles. The first-order valence-electron chi connectivity index (χ1n) is 5.47. The third kappa shape index (κ3) is 3.66. The highest BCUT2D eigenvalue weighted by Crippen LogP contribution is 2.50. The van der Waals surface area contributed by atoms with Crippen LogP contribution in [0.3, 0.4) is 0 Å². The zero-order valence-electron chi connectivity index (χ0n) is 9.52. The molecule has 1 fully saturated rings. The molecule has 0 spiro atoms. The predicted molar refractivity (Wildman–Crippen MR) is 58.1 cm³/mol. The SMILES string of the molecule is CNC(=O)CCCNCC1CC1(C)C. The Hall–Kier alpha value is -0.570. The number of amides is 1. The minimum Gasteiger partial charge on any atom is -0.359 e. The Kier molecular flexibility index (Phi) is 3.93. The maximum atomic E-state index is 10.9. The van der Waals surface area contributed by atoms with E-state index < -0.39 is 0 Å². The van der Waals surface area contributed by atoms with Crippen molar-refractivity contribution in [2.24, 2.45) is 11.3 Å². The van der Waals surface area contributed by atoms with Gasteiger partial charge in [0.1, 0.15) is 0 Å². The molecule has 0 bridgehead atoms. The lowest BCUT2D eigenvalue weighted by molar-refractivity contribution is -0.120. The van der Waals surface area contributed by atoms with Gasteiger partial charge in [0.05, 0.1) is 0 Å². The second-order valence-corrected chi connectivity index (χ2v) is 4.87. The number of carbonyl (C=O) groups excluding carboxylic acids is 1. The summed E-state index contributed by atoms with van der Waals surface area (Å²) in [6, 6.07) is 0. The lowest BCUT2D eigenvalue weighted by Crippen LogP contribution is -2.23. The molecule has 1 rings (SSSR count). The molecule has 0 heterocycles. The lowest BCUT2D eigenvalue weighted by atomic mass is 10.1. The van der Waals surface area contributed by atoms with E-state index in [0.717, 1.165) is 25.4 Å². The second kappa shape index (κ2) is 4.78. The van der Waals surface area contributed by atoms with Gasteiger partial charge < -0.3 is 10.6 Å². The standard InChI is InChI=1S/C11H22N2O/c1-11(2)7-9(11)8-13-6-4-5-10(14)12-3/h9,13H,4-8H2,1-3H3,(H,12,14). The van der Waals surface area contributed by atoms with Crippen LogP contribution >= 0.6 is 0 Å². The molecular formula is C11H22N2O. The molecule has 1 atom stereocenters. The van der Waals surface area contributed by atoms with Gasteiger partial charge in [-0.05, 0) is 37.3 Å². The molecule has 14 heavy (non-hydrogen) atoms. The Morgan fingerprint density at radius 1 is 1.50 bits per heavy atom. The van der Waals surface area contributed by atoms with Gasteiger partial charge in [-0.25, -0.2) is 0 Å². The quantitative estimate of drug-likeness (QED) is 0.629. The maximum Gasteiger partial charge on any atom is 0.219 e. The molecule has 1 unspecified atom stereocenters. The van der Waals surface area contributed by atoms with Crippen LogP contribution < -0.4 is 10.6 Å². The van der Waals surface area contributed by atoms with E-state index in [9.17, 15) is 4.79 Å². The minimum absolute atomic E-state index is 0.138. The van der Waals surface area contributed by atoms with Crippen molar-refractivity contribution in [3.05, 3.63) is 0 Å². The van der Waals surface area contributed by atoms with E-state index >= 15 is 0 Å². The second-order valence-electron chi connectivity index (χ2n) is 4.87. The maximum absolute atomic E-state index is 10.9. The van der Waals surface area contributed by atoms with E-state index in [1.54, 1.807) is 7.05 Å². The number of nitrogens with one attached hydrogen (secondary N) is 2. The fourth-order valence-electron chi connectivity index (χ4n) is 1.70. The van der Waals surface area contributed by atoms with Crippen LogP contribution in [0, 0.1) is 11.3 Å². The summed E-state index contributed by atoms with van der Waals surface area (Å²) in [5.41, 5.74) is 0.563. The predicted octanol–water partition coefficient (Wildman–Crippen LogP) is 1.15. The van der Waals surface area contributed by atoms with Gasteiger partial charge >= 0.3 is 0 Å². The molecule has 3 nitrogen and oxygen atoms in total. The van der Waals surface area contributed by atoms with Gasteiger partial charge in [0.15, 0.2) is 0 Å². The van der Waals surface area contributed by atoms with E-state index in [2.05, 4.69) is 24.5 Å². The number of hydrogen-bond acceptors (Lipinski definition) is 2. The summed E-state index contributed by atoms with van der Waals surface area (Å²) in [6.07, 6.45) is 2.92. The highest BCUT2D eigenvalue weighted by atomic mass is 16.1. The molecule has 2 N–H and O–H groups in total. The summed E-state index contributed by atoms with van der Waals surface area (Å²) in [6.45, 7) is 6.69. The zero-order chi connectivity index (χ0) is 10.6. The average molecular weight is 198 g/mol. The van der Waals surface area contributed by atoms with E-state index in [1.165, 1.54) is 6.42 Å². The van der Waals surface area contributed by atoms with Gasteiger partial charge in [-0.2, -0.15) is 0 Å². The summed E-state index contributed by atoms with van der Waals surface area (Å²) in [5.74, 6) is 0.987. The van der Waals surface area contributed by atoms with Gasteiger partial charge in [0.25, 0.3) is 0 Å². The van der Waals surface area contributed by atoms with Crippen LogP contribution in [0.25, 0.3) is 0 Å². The third-order valence-electron chi connectivity index (χ3n) is 3.14. The van der Waals surface area contributed by atoms with E-state index in [-0.39, 0.29) is 5.91 Å². The summed E-state index contributed by atoms with van der Waals surface area (Å²) in [5, 5.41) is 6.03. The van der Waals surface area contributed by atoms with Crippen molar-refractivity contribution in [2.75, 3.05) is 20.1 Å². The first-order valence-corrected chi connectivity index (χ1v) is 5.47. The molecule has 3 heteroatoms. The summed E-state index contributed by atoms with van der Waals surface area (Å²) in [4.78, 5) is 10.9. The van der Waals surface area contributed by atoms with Crippen LogP contribution in [0.2, 0.25) is 0 Å². The topological polar surface area (TPSA) is 41.1 Å². The van der Waals surface area contributed by atoms with Crippen LogP contribution in [-0.4, -0.2) is 26.0 Å². The van der Waals surface area contributed by atoms with Crippen LogP contribution in [0.1, 0.15) is 33.1 Å². The molecule has 1 aliphatic rings. The Bertz CT molecular complexity index is 201. The Morgan fingerprint density at radius 3 is 2.64 bits per heavy atom. The average Bonchev–Trinajstić information content (AvgIpc) is 2.73. The zero-order valence-corrected chi connectivity index (χ0v) is 9.52. The Morgan fingerprint density at radius 2 is 2.14 bits per heavy atom. The molecule has 82 valence electrons. The van der Waals surface area contributed by atoms with E-state index in [0.29, 0.717) is 11.8 Å². The minimum atomic E-state index is 0.138. The van der Waals surface area contributed by atoms with Crippen molar-refractivity contribution < 1.29 is 4.79 Å². The fourth-order valence-corrected chi connectivity index (χ4v) is 1.70. The smallest absolute Gasteiger partial charge is 0.219 e. The molecule has 0 radical (unpaired) electrons. The lowest BCUT2D eigenvalue weighted by Gasteiger charge is -2.05. The molecule has 0 aliphatic heterocycles. The van der Waals surface area contributed by atoms with E-state index in [1.807, 2.05) is 0 Å². The van der Waals surface area contributed by atoms with Gasteiger partial charge in [0, 0.05) is 13.5 Å². The summed E-state index contributed by atoms with van der Waals surface area (Å²) >= 11 is 0. The highest BCUT2D eigenvalue weighted by Gasteiger charge is 2.44. The van der Waals surface area contributed by atoms with Crippen LogP contribution in [0.15, 0.2) is 0 Å². The normalized spacial score (nSPS) is 23.2. The highest BCUT2D eigenvalue weighted by molar-refractivity contribution is 5.75. The largest absolute Gasteiger partial charge is 0.359 e. The van der Waals surface area contributed by atoms with Crippen molar-refractivity contribution in [1.29, 1.82) is 0 Å². The molecule has 1 aliphatic carbocycles. The molecule has 0 saturated heterocycles. The van der Waals surface area contributed by atoms with E-state index in [4.69, 9.17) is 0 Å². The van der Waals surface area contributed by atoms with Crippen molar-refractivity contribution >= 4 is 5.91 Å². The van der Waals surface area contributed by atoms with Crippen LogP contribution in [-0.2, 0) is 4.79 Å². The molecule has 1 amide bonds. The number of hydrogen-bond donors (Lipinski definition) is 2. The summed E-state index contributed by atoms with van der Waals surface area (Å²) < 4.78 is 0. The first-order chi connectivity index (χ1) is 6.56. The number of carbonyl (C=O) groups is 1. The van der Waals surface area contributed by atoms with Crippen LogP contribution in [0.4, 0.5) is 0 Å². The fraction of sp³-hybridized carbons (Fsp3) is 0.909. The Balaban J connectivity index is 1.88. The van der Waals surface area contributed by atoms with Crippen molar-refractivity contribution in [3.63, 3.8) is 0 Å². The van der Waals surface area contributed by atoms with Gasteiger partial charge in [-0.3, -0.25) is 4.79 Å². The first kappa shape index (κ1) is 11.5. The van der Waals surface area contributed by atoms with Crippen molar-refractivity contribution in [1.82, 2.24) is 10.6 Å². The van der Waals surface area contributed by atoms with Crippen molar-refractivity contribution in [3.8, 4) is 0 Å². The summed E-state index contributed by atoms with van der Waals surface area (Å²) in [7, 11) is 1.68. The molecule has 0 aromatic heterocycles. The number of rotatable bonds is 6. The van der Waals surface area contributed by atoms with Crippen molar-refractivity contribution in [2.45, 2.75) is 33.1 Å².